The zero-order valence-corrected chi connectivity index (χ0v) is 20.3. The number of nitrogens with zero attached hydrogens (tertiary/aromatic N) is 2. The van der Waals surface area contributed by atoms with Crippen LogP contribution >= 0.6 is 23.5 Å². The van der Waals surface area contributed by atoms with Gasteiger partial charge in [-0.05, 0) is 17.7 Å². The van der Waals surface area contributed by atoms with Crippen LogP contribution in [0.15, 0.2) is 63.4 Å². The molecule has 33 heavy (non-hydrogen) atoms. The lowest BCUT2D eigenvalue weighted by Crippen LogP contribution is -2.26. The van der Waals surface area contributed by atoms with Crippen molar-refractivity contribution in [2.75, 3.05) is 25.3 Å². The predicted octanol–water partition coefficient (Wildman–Crippen LogP) is 4.08. The Bertz CT molecular complexity index is 1210. The van der Waals surface area contributed by atoms with E-state index in [1.807, 2.05) is 30.3 Å². The summed E-state index contributed by atoms with van der Waals surface area (Å²) in [6, 6.07) is 15.0. The molecule has 172 valence electrons. The van der Waals surface area contributed by atoms with Crippen molar-refractivity contribution in [2.45, 2.75) is 35.2 Å². The molecule has 0 aliphatic carbocycles. The Labute approximate surface area is 200 Å². The predicted molar refractivity (Wildman–Crippen MR) is 132 cm³/mol. The molecule has 1 aliphatic heterocycles. The van der Waals surface area contributed by atoms with Gasteiger partial charge in [0.2, 0.25) is 5.91 Å². The normalized spacial score (nSPS) is 14.6. The van der Waals surface area contributed by atoms with Gasteiger partial charge in [-0.2, -0.15) is 0 Å². The van der Waals surface area contributed by atoms with Crippen LogP contribution in [0.3, 0.4) is 0 Å². The minimum absolute atomic E-state index is 0.0458. The largest absolute Gasteiger partial charge is 0.497 e. The van der Waals surface area contributed by atoms with Gasteiger partial charge in [0.05, 0.1) is 42.8 Å². The lowest BCUT2D eigenvalue weighted by Gasteiger charge is -2.14. The van der Waals surface area contributed by atoms with Crippen molar-refractivity contribution in [3.8, 4) is 11.5 Å². The molecule has 0 spiro atoms. The number of methoxy groups -OCH3 is 2. The molecule has 2 aromatic carbocycles. The molecular formula is C24H25N3O4S2. The van der Waals surface area contributed by atoms with Gasteiger partial charge in [0.1, 0.15) is 11.5 Å². The maximum absolute atomic E-state index is 13.3. The number of amides is 1. The fraction of sp³-hybridized carbons (Fsp3) is 0.292. The number of rotatable bonds is 8. The molecule has 1 N–H and O–H groups in total. The Balaban J connectivity index is 1.56. The second kappa shape index (κ2) is 10.4. The lowest BCUT2D eigenvalue weighted by molar-refractivity contribution is -0.113. The van der Waals surface area contributed by atoms with Crippen LogP contribution < -0.4 is 20.3 Å². The molecule has 2 heterocycles. The van der Waals surface area contributed by atoms with E-state index in [1.54, 1.807) is 48.7 Å². The fourth-order valence-corrected chi connectivity index (χ4v) is 5.51. The average molecular weight is 484 g/mol. The molecule has 1 amide bonds. The smallest absolute Gasteiger partial charge is 0.268 e. The first kappa shape index (κ1) is 23.3. The van der Waals surface area contributed by atoms with Crippen LogP contribution in [0, 0.1) is 0 Å². The Morgan fingerprint density at radius 2 is 2.00 bits per heavy atom. The van der Waals surface area contributed by atoms with Crippen LogP contribution in [0.25, 0.3) is 0 Å². The summed E-state index contributed by atoms with van der Waals surface area (Å²) in [7, 11) is 3.11. The highest BCUT2D eigenvalue weighted by Gasteiger charge is 2.26. The van der Waals surface area contributed by atoms with E-state index in [2.05, 4.69) is 12.2 Å². The third-order valence-corrected chi connectivity index (χ3v) is 7.35. The number of benzene rings is 2. The van der Waals surface area contributed by atoms with Crippen molar-refractivity contribution in [2.24, 2.45) is 0 Å². The van der Waals surface area contributed by atoms with Crippen molar-refractivity contribution in [3.05, 3.63) is 70.1 Å². The summed E-state index contributed by atoms with van der Waals surface area (Å²) in [5, 5.41) is 3.73. The van der Waals surface area contributed by atoms with E-state index in [0.717, 1.165) is 17.7 Å². The van der Waals surface area contributed by atoms with E-state index < -0.39 is 0 Å². The van der Waals surface area contributed by atoms with Crippen molar-refractivity contribution in [3.63, 3.8) is 0 Å². The number of aromatic nitrogens is 2. The molecule has 3 aromatic rings. The van der Waals surface area contributed by atoms with Gasteiger partial charge in [-0.3, -0.25) is 14.2 Å². The zero-order valence-electron chi connectivity index (χ0n) is 18.7. The first-order valence-corrected chi connectivity index (χ1v) is 12.3. The maximum Gasteiger partial charge on any atom is 0.268 e. The Morgan fingerprint density at radius 1 is 1.21 bits per heavy atom. The van der Waals surface area contributed by atoms with Gasteiger partial charge in [0.15, 0.2) is 5.16 Å². The van der Waals surface area contributed by atoms with Crippen LogP contribution in [0.5, 0.6) is 11.5 Å². The SMILES string of the molecule is COc1ccc(OC)c(NC(=O)CSc2nc3c(c(=O)n2Cc2ccccc2)SC(C)C3)c1. The summed E-state index contributed by atoms with van der Waals surface area (Å²) in [5.41, 5.74) is 2.30. The van der Waals surface area contributed by atoms with Crippen LogP contribution in [0.2, 0.25) is 0 Å². The van der Waals surface area contributed by atoms with E-state index in [4.69, 9.17) is 14.5 Å². The highest BCUT2D eigenvalue weighted by atomic mass is 32.2. The van der Waals surface area contributed by atoms with E-state index in [1.165, 1.54) is 11.8 Å². The zero-order chi connectivity index (χ0) is 23.4. The van der Waals surface area contributed by atoms with Crippen molar-refractivity contribution < 1.29 is 14.3 Å². The Kier molecular flexibility index (Phi) is 7.29. The van der Waals surface area contributed by atoms with Crippen molar-refractivity contribution in [1.82, 2.24) is 9.55 Å². The standard InChI is InChI=1S/C24H25N3O4S2/c1-15-11-19-22(33-15)23(29)27(13-16-7-5-4-6-8-16)24(26-19)32-14-21(28)25-18-12-17(30-2)9-10-20(18)31-3/h4-10,12,15H,11,13-14H2,1-3H3,(H,25,28). The number of ether oxygens (including phenoxy) is 2. The summed E-state index contributed by atoms with van der Waals surface area (Å²) >= 11 is 2.83. The quantitative estimate of drug-likeness (QED) is 0.382. The Morgan fingerprint density at radius 3 is 2.73 bits per heavy atom. The molecule has 4 rings (SSSR count). The van der Waals surface area contributed by atoms with Crippen LogP contribution in [-0.2, 0) is 17.8 Å². The summed E-state index contributed by atoms with van der Waals surface area (Å²) in [5.74, 6) is 1.03. The molecule has 1 atom stereocenters. The van der Waals surface area contributed by atoms with Crippen molar-refractivity contribution in [1.29, 1.82) is 0 Å². The highest BCUT2D eigenvalue weighted by molar-refractivity contribution is 8.00. The van der Waals surface area contributed by atoms with E-state index >= 15 is 0 Å². The van der Waals surface area contributed by atoms with Crippen molar-refractivity contribution >= 4 is 35.1 Å². The fourth-order valence-electron chi connectivity index (χ4n) is 3.58. The molecule has 9 heteroatoms. The molecule has 1 aliphatic rings. The van der Waals surface area contributed by atoms with Gasteiger partial charge < -0.3 is 14.8 Å². The maximum atomic E-state index is 13.3. The average Bonchev–Trinajstić information content (AvgIpc) is 3.20. The third kappa shape index (κ3) is 5.36. The van der Waals surface area contributed by atoms with Gasteiger partial charge in [-0.15, -0.1) is 11.8 Å². The van der Waals surface area contributed by atoms with Gasteiger partial charge in [0.25, 0.3) is 5.56 Å². The van der Waals surface area contributed by atoms with E-state index in [-0.39, 0.29) is 17.2 Å². The number of fused-ring (bicyclic) bond motifs is 1. The minimum Gasteiger partial charge on any atom is -0.497 e. The Hall–Kier alpha value is -2.91. The molecule has 7 nitrogen and oxygen atoms in total. The number of carbonyl (C=O) groups excluding carboxylic acids is 1. The topological polar surface area (TPSA) is 82.5 Å². The first-order valence-electron chi connectivity index (χ1n) is 10.5. The van der Waals surface area contributed by atoms with Crippen LogP contribution in [-0.4, -0.2) is 40.7 Å². The molecule has 0 bridgehead atoms. The van der Waals surface area contributed by atoms with Gasteiger partial charge in [0, 0.05) is 17.7 Å². The number of anilines is 1. The summed E-state index contributed by atoms with van der Waals surface area (Å²) in [4.78, 5) is 31.5. The summed E-state index contributed by atoms with van der Waals surface area (Å²) in [6.07, 6.45) is 0.752. The molecular weight excluding hydrogens is 458 g/mol. The van der Waals surface area contributed by atoms with Gasteiger partial charge in [-0.25, -0.2) is 4.98 Å². The van der Waals surface area contributed by atoms with Crippen LogP contribution in [0.4, 0.5) is 5.69 Å². The van der Waals surface area contributed by atoms with Crippen LogP contribution in [0.1, 0.15) is 18.2 Å². The molecule has 0 fully saturated rings. The first-order chi connectivity index (χ1) is 16.0. The van der Waals surface area contributed by atoms with Gasteiger partial charge in [-0.1, -0.05) is 49.0 Å². The second-order valence-electron chi connectivity index (χ2n) is 7.58. The molecule has 1 aromatic heterocycles. The summed E-state index contributed by atoms with van der Waals surface area (Å²) in [6.45, 7) is 2.50. The summed E-state index contributed by atoms with van der Waals surface area (Å²) < 4.78 is 12.2. The van der Waals surface area contributed by atoms with E-state index in [9.17, 15) is 9.59 Å². The number of carbonyl (C=O) groups is 1. The van der Waals surface area contributed by atoms with Gasteiger partial charge >= 0.3 is 0 Å². The number of nitrogens with one attached hydrogen (secondary N) is 1. The molecule has 1 unspecified atom stereocenters. The van der Waals surface area contributed by atoms with E-state index in [0.29, 0.717) is 39.0 Å². The lowest BCUT2D eigenvalue weighted by atomic mass is 10.2. The molecule has 0 saturated heterocycles. The minimum atomic E-state index is -0.227. The molecule has 0 radical (unpaired) electrons. The second-order valence-corrected chi connectivity index (χ2v) is 9.97. The number of hydrogen-bond acceptors (Lipinski definition) is 7. The monoisotopic (exact) mass is 483 g/mol. The highest BCUT2D eigenvalue weighted by Crippen LogP contribution is 2.34. The number of hydrogen-bond donors (Lipinski definition) is 1. The third-order valence-electron chi connectivity index (χ3n) is 5.16. The molecule has 0 saturated carbocycles. The number of thioether (sulfide) groups is 2.